The molecule has 0 bridgehead atoms. The molecule has 148 valence electrons. The van der Waals surface area contributed by atoms with Crippen molar-refractivity contribution in [3.63, 3.8) is 0 Å². The Morgan fingerprint density at radius 1 is 1.32 bits per heavy atom. The number of nitrogens with zero attached hydrogens (tertiary/aromatic N) is 2. The van der Waals surface area contributed by atoms with Crippen LogP contribution in [-0.2, 0) is 19.1 Å². The van der Waals surface area contributed by atoms with E-state index in [0.29, 0.717) is 34.7 Å². The number of carbonyl (C=O) groups is 1. The summed E-state index contributed by atoms with van der Waals surface area (Å²) >= 11 is 0. The molecule has 1 amide bonds. The second-order valence-electron chi connectivity index (χ2n) is 6.76. The minimum atomic E-state index is -4.61. The van der Waals surface area contributed by atoms with Gasteiger partial charge in [-0.15, -0.1) is 0 Å². The van der Waals surface area contributed by atoms with Gasteiger partial charge in [0.1, 0.15) is 11.4 Å². The lowest BCUT2D eigenvalue weighted by molar-refractivity contribution is -0.141. The Balaban J connectivity index is 1.71. The molecule has 4 rings (SSSR count). The molecule has 2 N–H and O–H groups in total. The largest absolute Gasteiger partial charge is 0.497 e. The van der Waals surface area contributed by atoms with Crippen molar-refractivity contribution in [3.05, 3.63) is 46.7 Å². The predicted octanol–water partition coefficient (Wildman–Crippen LogP) is 3.64. The second-order valence-corrected chi connectivity index (χ2v) is 6.76. The molecule has 2 aromatic heterocycles. The molecule has 1 atom stereocenters. The van der Waals surface area contributed by atoms with E-state index in [1.54, 1.807) is 13.0 Å². The number of nitrogens with one attached hydrogen (secondary N) is 2. The lowest BCUT2D eigenvalue weighted by atomic mass is 9.98. The van der Waals surface area contributed by atoms with Gasteiger partial charge in [-0.05, 0) is 13.0 Å². The fourth-order valence-corrected chi connectivity index (χ4v) is 3.54. The van der Waals surface area contributed by atoms with Crippen molar-refractivity contribution < 1.29 is 27.1 Å². The fourth-order valence-electron chi connectivity index (χ4n) is 3.54. The van der Waals surface area contributed by atoms with Crippen LogP contribution in [0.3, 0.4) is 0 Å². The van der Waals surface area contributed by atoms with Gasteiger partial charge in [0.2, 0.25) is 0 Å². The third kappa shape index (κ3) is 2.88. The SMILES string of the molecule is COc1cc(F)c2[nH]c3c(c2c1)CN(C(=O)c1cc(C(F)(F)F)[nH]n1)[C@H](C)C3. The van der Waals surface area contributed by atoms with E-state index in [1.165, 1.54) is 18.1 Å². The Hall–Kier alpha value is -3.04. The Bertz CT molecular complexity index is 1070. The number of amides is 1. The van der Waals surface area contributed by atoms with Crippen molar-refractivity contribution in [1.82, 2.24) is 20.1 Å². The van der Waals surface area contributed by atoms with Gasteiger partial charge in [-0.1, -0.05) is 0 Å². The van der Waals surface area contributed by atoms with Crippen LogP contribution in [0, 0.1) is 5.82 Å². The number of ether oxygens (including phenoxy) is 1. The van der Waals surface area contributed by atoms with Crippen LogP contribution < -0.4 is 4.74 Å². The highest BCUT2D eigenvalue weighted by molar-refractivity contribution is 5.94. The van der Waals surface area contributed by atoms with Crippen LogP contribution in [0.5, 0.6) is 5.75 Å². The first-order chi connectivity index (χ1) is 13.2. The Labute approximate surface area is 156 Å². The van der Waals surface area contributed by atoms with E-state index in [-0.39, 0.29) is 18.3 Å². The van der Waals surface area contributed by atoms with Crippen molar-refractivity contribution in [2.45, 2.75) is 32.1 Å². The predicted molar refractivity (Wildman–Crippen MR) is 91.4 cm³/mol. The van der Waals surface area contributed by atoms with Gasteiger partial charge >= 0.3 is 6.18 Å². The van der Waals surface area contributed by atoms with E-state index >= 15 is 0 Å². The number of fused-ring (bicyclic) bond motifs is 3. The van der Waals surface area contributed by atoms with Crippen molar-refractivity contribution >= 4 is 16.8 Å². The maximum absolute atomic E-state index is 14.3. The zero-order valence-electron chi connectivity index (χ0n) is 14.9. The Morgan fingerprint density at radius 2 is 2.07 bits per heavy atom. The maximum Gasteiger partial charge on any atom is 0.432 e. The highest BCUT2D eigenvalue weighted by Gasteiger charge is 2.36. The number of halogens is 4. The van der Waals surface area contributed by atoms with Crippen LogP contribution in [0.15, 0.2) is 18.2 Å². The third-order valence-electron chi connectivity index (χ3n) is 4.99. The number of aromatic amines is 2. The minimum absolute atomic E-state index is 0.121. The molecule has 0 saturated carbocycles. The van der Waals surface area contributed by atoms with Crippen LogP contribution in [0.25, 0.3) is 10.9 Å². The Morgan fingerprint density at radius 3 is 2.71 bits per heavy atom. The molecule has 0 radical (unpaired) electrons. The molecule has 0 saturated heterocycles. The first-order valence-electron chi connectivity index (χ1n) is 8.49. The first-order valence-corrected chi connectivity index (χ1v) is 8.49. The molecular weight excluding hydrogens is 380 g/mol. The van der Waals surface area contributed by atoms with Gasteiger partial charge in [0.15, 0.2) is 11.5 Å². The van der Waals surface area contributed by atoms with Gasteiger partial charge in [-0.2, -0.15) is 18.3 Å². The van der Waals surface area contributed by atoms with Crippen molar-refractivity contribution in [1.29, 1.82) is 0 Å². The van der Waals surface area contributed by atoms with Crippen LogP contribution in [0.1, 0.15) is 34.4 Å². The van der Waals surface area contributed by atoms with Crippen molar-refractivity contribution in [3.8, 4) is 5.75 Å². The van der Waals surface area contributed by atoms with Gasteiger partial charge in [0.25, 0.3) is 5.91 Å². The van der Waals surface area contributed by atoms with E-state index in [9.17, 15) is 22.4 Å². The molecule has 0 spiro atoms. The topological polar surface area (TPSA) is 74.0 Å². The highest BCUT2D eigenvalue weighted by Crippen LogP contribution is 2.35. The van der Waals surface area contributed by atoms with Crippen LogP contribution in [0.4, 0.5) is 17.6 Å². The number of hydrogen-bond donors (Lipinski definition) is 2. The Kier molecular flexibility index (Phi) is 4.09. The van der Waals surface area contributed by atoms with E-state index in [0.717, 1.165) is 5.69 Å². The summed E-state index contributed by atoms with van der Waals surface area (Å²) in [5.41, 5.74) is 0.417. The molecule has 0 aliphatic carbocycles. The van der Waals surface area contributed by atoms with Crippen LogP contribution in [-0.4, -0.2) is 39.1 Å². The summed E-state index contributed by atoms with van der Waals surface area (Å²) in [4.78, 5) is 17.3. The van der Waals surface area contributed by atoms with Crippen LogP contribution >= 0.6 is 0 Å². The molecule has 1 aliphatic rings. The number of benzene rings is 1. The standard InChI is InChI=1S/C18H16F4N4O2/c1-8-3-13-11(10-4-9(28-2)5-12(19)16(10)23-13)7-26(8)17(27)14-6-15(25-24-14)18(20,21)22/h4-6,8,23H,3,7H2,1-2H3,(H,24,25)/t8-/m1/s1. The maximum atomic E-state index is 14.3. The normalized spacial score (nSPS) is 17.1. The van der Waals surface area contributed by atoms with E-state index in [2.05, 4.69) is 10.1 Å². The third-order valence-corrected chi connectivity index (χ3v) is 4.99. The summed E-state index contributed by atoms with van der Waals surface area (Å²) in [5, 5.41) is 5.95. The molecule has 3 heterocycles. The molecule has 0 unspecified atom stereocenters. The van der Waals surface area contributed by atoms with Gasteiger partial charge < -0.3 is 14.6 Å². The molecule has 3 aromatic rings. The zero-order chi connectivity index (χ0) is 20.2. The molecule has 6 nitrogen and oxygen atoms in total. The first kappa shape index (κ1) is 18.3. The summed E-state index contributed by atoms with van der Waals surface area (Å²) in [6, 6.07) is 3.33. The number of methoxy groups -OCH3 is 1. The number of H-pyrrole nitrogens is 2. The number of aromatic nitrogens is 3. The molecule has 28 heavy (non-hydrogen) atoms. The quantitative estimate of drug-likeness (QED) is 0.650. The molecule has 1 aliphatic heterocycles. The van der Waals surface area contributed by atoms with E-state index in [1.807, 2.05) is 5.10 Å². The monoisotopic (exact) mass is 396 g/mol. The van der Waals surface area contributed by atoms with E-state index < -0.39 is 23.6 Å². The van der Waals surface area contributed by atoms with E-state index in [4.69, 9.17) is 4.74 Å². The van der Waals surface area contributed by atoms with Gasteiger partial charge in [-0.25, -0.2) is 4.39 Å². The molecular formula is C18H16F4N4O2. The van der Waals surface area contributed by atoms with Gasteiger partial charge in [0.05, 0.1) is 12.6 Å². The minimum Gasteiger partial charge on any atom is -0.497 e. The number of carbonyl (C=O) groups excluding carboxylic acids is 1. The van der Waals surface area contributed by atoms with Gasteiger partial charge in [0, 0.05) is 47.8 Å². The summed E-state index contributed by atoms with van der Waals surface area (Å²) in [7, 11) is 1.42. The van der Waals surface area contributed by atoms with Crippen molar-refractivity contribution in [2.24, 2.45) is 0 Å². The fraction of sp³-hybridized carbons (Fsp3) is 0.333. The zero-order valence-corrected chi connectivity index (χ0v) is 14.9. The lowest BCUT2D eigenvalue weighted by Crippen LogP contribution is -2.42. The highest BCUT2D eigenvalue weighted by atomic mass is 19.4. The van der Waals surface area contributed by atoms with Crippen molar-refractivity contribution in [2.75, 3.05) is 7.11 Å². The average molecular weight is 396 g/mol. The van der Waals surface area contributed by atoms with Gasteiger partial charge in [-0.3, -0.25) is 9.89 Å². The number of alkyl halides is 3. The average Bonchev–Trinajstić information content (AvgIpc) is 3.25. The summed E-state index contributed by atoms with van der Waals surface area (Å²) in [5.74, 6) is -0.760. The molecule has 1 aromatic carbocycles. The molecule has 10 heteroatoms. The second kappa shape index (κ2) is 6.25. The summed E-state index contributed by atoms with van der Waals surface area (Å²) in [6.45, 7) is 1.90. The summed E-state index contributed by atoms with van der Waals surface area (Å²) in [6.07, 6.45) is -4.20. The summed E-state index contributed by atoms with van der Waals surface area (Å²) < 4.78 is 57.8. The number of hydrogen-bond acceptors (Lipinski definition) is 3. The lowest BCUT2D eigenvalue weighted by Gasteiger charge is -2.33. The molecule has 0 fully saturated rings. The smallest absolute Gasteiger partial charge is 0.432 e. The number of rotatable bonds is 2. The van der Waals surface area contributed by atoms with Crippen LogP contribution in [0.2, 0.25) is 0 Å².